The summed E-state index contributed by atoms with van der Waals surface area (Å²) in [5.41, 5.74) is -1.62. The summed E-state index contributed by atoms with van der Waals surface area (Å²) in [7, 11) is 3.12. The molecule has 58 valence electrons. The van der Waals surface area contributed by atoms with E-state index in [0.29, 0.717) is 0 Å². The molecule has 1 aliphatic rings. The number of nitrogens with zero attached hydrogens (tertiary/aromatic N) is 1. The van der Waals surface area contributed by atoms with Gasteiger partial charge in [-0.3, -0.25) is 4.79 Å². The number of alkyl halides is 1. The topological polar surface area (TPSA) is 32.3 Å². The smallest absolute Gasteiger partial charge is 0.262 e. The van der Waals surface area contributed by atoms with Crippen LogP contribution in [0.25, 0.3) is 0 Å². The van der Waals surface area contributed by atoms with Crippen LogP contribution in [0.2, 0.25) is 0 Å². The van der Waals surface area contributed by atoms with E-state index < -0.39 is 11.6 Å². The van der Waals surface area contributed by atoms with E-state index >= 15 is 0 Å². The minimum absolute atomic E-state index is 0.157. The summed E-state index contributed by atoms with van der Waals surface area (Å²) < 4.78 is 13.1. The Morgan fingerprint density at radius 1 is 1.60 bits per heavy atom. The third-order valence-electron chi connectivity index (χ3n) is 1.60. The highest BCUT2D eigenvalue weighted by Crippen LogP contribution is 2.18. The first-order chi connectivity index (χ1) is 4.56. The average molecular weight is 146 g/mol. The Morgan fingerprint density at radius 2 is 2.10 bits per heavy atom. The van der Waals surface area contributed by atoms with Crippen LogP contribution < -0.4 is 5.32 Å². The fourth-order valence-electron chi connectivity index (χ4n) is 0.896. The monoisotopic (exact) mass is 146 g/mol. The van der Waals surface area contributed by atoms with E-state index in [0.717, 1.165) is 0 Å². The molecular formula is C6H11FN2O. The van der Waals surface area contributed by atoms with Crippen molar-refractivity contribution in [1.82, 2.24) is 10.2 Å². The summed E-state index contributed by atoms with van der Waals surface area (Å²) in [5.74, 6) is -0.439. The summed E-state index contributed by atoms with van der Waals surface area (Å²) in [5, 5.41) is 2.72. The van der Waals surface area contributed by atoms with Crippen LogP contribution in [-0.4, -0.2) is 43.7 Å². The Hall–Kier alpha value is -0.640. The molecular weight excluding hydrogens is 135 g/mol. The Labute approximate surface area is 59.2 Å². The molecule has 0 atom stereocenters. The maximum Gasteiger partial charge on any atom is 0.262 e. The van der Waals surface area contributed by atoms with Gasteiger partial charge in [0.25, 0.3) is 5.91 Å². The van der Waals surface area contributed by atoms with Gasteiger partial charge in [0, 0.05) is 27.2 Å². The van der Waals surface area contributed by atoms with Gasteiger partial charge in [-0.15, -0.1) is 0 Å². The number of nitrogens with one attached hydrogen (secondary N) is 1. The zero-order chi connectivity index (χ0) is 7.78. The number of amides is 1. The molecule has 0 radical (unpaired) electrons. The van der Waals surface area contributed by atoms with Crippen LogP contribution >= 0.6 is 0 Å². The largest absolute Gasteiger partial charge is 0.346 e. The SMILES string of the molecule is CN(C)C(=O)C1(F)CNC1. The van der Waals surface area contributed by atoms with Crippen LogP contribution in [0.1, 0.15) is 0 Å². The second kappa shape index (κ2) is 2.20. The minimum Gasteiger partial charge on any atom is -0.346 e. The maximum absolute atomic E-state index is 13.1. The van der Waals surface area contributed by atoms with Crippen LogP contribution in [0.3, 0.4) is 0 Å². The van der Waals surface area contributed by atoms with Gasteiger partial charge in [-0.1, -0.05) is 0 Å². The first-order valence-electron chi connectivity index (χ1n) is 3.18. The van der Waals surface area contributed by atoms with Crippen molar-refractivity contribution >= 4 is 5.91 Å². The van der Waals surface area contributed by atoms with Crippen molar-refractivity contribution in [2.24, 2.45) is 0 Å². The number of hydrogen-bond donors (Lipinski definition) is 1. The summed E-state index contributed by atoms with van der Waals surface area (Å²) in [6, 6.07) is 0. The fourth-order valence-corrected chi connectivity index (χ4v) is 0.896. The molecule has 4 heteroatoms. The molecule has 0 aromatic heterocycles. The van der Waals surface area contributed by atoms with Crippen molar-refractivity contribution in [2.75, 3.05) is 27.2 Å². The third-order valence-corrected chi connectivity index (χ3v) is 1.60. The van der Waals surface area contributed by atoms with Crippen molar-refractivity contribution in [3.63, 3.8) is 0 Å². The fraction of sp³-hybridized carbons (Fsp3) is 0.833. The molecule has 10 heavy (non-hydrogen) atoms. The van der Waals surface area contributed by atoms with E-state index in [4.69, 9.17) is 0 Å². The number of carbonyl (C=O) groups is 1. The molecule has 0 bridgehead atoms. The minimum atomic E-state index is -1.62. The normalized spacial score (nSPS) is 21.5. The second-order valence-electron chi connectivity index (χ2n) is 2.77. The molecule has 0 unspecified atom stereocenters. The van der Waals surface area contributed by atoms with Crippen molar-refractivity contribution in [1.29, 1.82) is 0 Å². The summed E-state index contributed by atoms with van der Waals surface area (Å²) >= 11 is 0. The highest BCUT2D eigenvalue weighted by molar-refractivity contribution is 5.86. The third kappa shape index (κ3) is 0.988. The first-order valence-corrected chi connectivity index (χ1v) is 3.18. The summed E-state index contributed by atoms with van der Waals surface area (Å²) in [6.45, 7) is 0.314. The molecule has 0 saturated carbocycles. The van der Waals surface area contributed by atoms with Gasteiger partial charge in [-0.2, -0.15) is 0 Å². The second-order valence-corrected chi connectivity index (χ2v) is 2.77. The van der Waals surface area contributed by atoms with Gasteiger partial charge in [0.1, 0.15) is 0 Å². The predicted octanol–water partition coefficient (Wildman–Crippen LogP) is -0.614. The van der Waals surface area contributed by atoms with Crippen LogP contribution in [0.4, 0.5) is 4.39 Å². The van der Waals surface area contributed by atoms with E-state index in [2.05, 4.69) is 5.32 Å². The number of carbonyl (C=O) groups excluding carboxylic acids is 1. The first kappa shape index (κ1) is 7.47. The van der Waals surface area contributed by atoms with Gasteiger partial charge in [0.05, 0.1) is 0 Å². The number of hydrogen-bond acceptors (Lipinski definition) is 2. The van der Waals surface area contributed by atoms with Crippen LogP contribution in [-0.2, 0) is 4.79 Å². The highest BCUT2D eigenvalue weighted by Gasteiger charge is 2.45. The molecule has 1 fully saturated rings. The van der Waals surface area contributed by atoms with E-state index in [1.807, 2.05) is 0 Å². The number of rotatable bonds is 1. The molecule has 0 spiro atoms. The van der Waals surface area contributed by atoms with Crippen LogP contribution in [0.5, 0.6) is 0 Å². The molecule has 1 saturated heterocycles. The maximum atomic E-state index is 13.1. The lowest BCUT2D eigenvalue weighted by Gasteiger charge is -2.35. The lowest BCUT2D eigenvalue weighted by atomic mass is 9.98. The summed E-state index contributed by atoms with van der Waals surface area (Å²) in [6.07, 6.45) is 0. The molecule has 0 aromatic carbocycles. The van der Waals surface area contributed by atoms with E-state index in [9.17, 15) is 9.18 Å². The Kier molecular flexibility index (Phi) is 1.64. The van der Waals surface area contributed by atoms with Gasteiger partial charge < -0.3 is 10.2 Å². The Morgan fingerprint density at radius 3 is 2.20 bits per heavy atom. The van der Waals surface area contributed by atoms with Crippen molar-refractivity contribution in [3.8, 4) is 0 Å². The van der Waals surface area contributed by atoms with Gasteiger partial charge >= 0.3 is 0 Å². The van der Waals surface area contributed by atoms with E-state index in [-0.39, 0.29) is 13.1 Å². The van der Waals surface area contributed by atoms with Crippen LogP contribution in [0.15, 0.2) is 0 Å². The summed E-state index contributed by atoms with van der Waals surface area (Å²) in [4.78, 5) is 12.2. The molecule has 3 nitrogen and oxygen atoms in total. The molecule has 0 aliphatic carbocycles. The zero-order valence-electron chi connectivity index (χ0n) is 6.15. The van der Waals surface area contributed by atoms with Crippen molar-refractivity contribution < 1.29 is 9.18 Å². The zero-order valence-corrected chi connectivity index (χ0v) is 6.15. The Balaban J connectivity index is 2.55. The van der Waals surface area contributed by atoms with E-state index in [1.165, 1.54) is 4.90 Å². The molecule has 1 aliphatic heterocycles. The molecule has 0 aromatic rings. The highest BCUT2D eigenvalue weighted by atomic mass is 19.1. The molecule has 1 amide bonds. The van der Waals surface area contributed by atoms with Crippen molar-refractivity contribution in [3.05, 3.63) is 0 Å². The molecule has 1 rings (SSSR count). The average Bonchev–Trinajstić information content (AvgIpc) is 1.81. The lowest BCUT2D eigenvalue weighted by molar-refractivity contribution is -0.144. The lowest BCUT2D eigenvalue weighted by Crippen LogP contribution is -2.64. The number of halogens is 1. The quantitative estimate of drug-likeness (QED) is 0.535. The van der Waals surface area contributed by atoms with E-state index in [1.54, 1.807) is 14.1 Å². The van der Waals surface area contributed by atoms with Gasteiger partial charge in [0.15, 0.2) is 0 Å². The van der Waals surface area contributed by atoms with Crippen molar-refractivity contribution in [2.45, 2.75) is 5.67 Å². The van der Waals surface area contributed by atoms with Crippen LogP contribution in [0, 0.1) is 0 Å². The molecule has 1 heterocycles. The van der Waals surface area contributed by atoms with Gasteiger partial charge in [0.2, 0.25) is 5.67 Å². The predicted molar refractivity (Wildman–Crippen MR) is 35.4 cm³/mol. The standard InChI is InChI=1S/C6H11FN2O/c1-9(2)5(10)6(7)3-8-4-6/h8H,3-4H2,1-2H3. The molecule has 1 N–H and O–H groups in total. The van der Waals surface area contributed by atoms with Gasteiger partial charge in [-0.25, -0.2) is 4.39 Å². The van der Waals surface area contributed by atoms with Gasteiger partial charge in [-0.05, 0) is 0 Å². The Bertz CT molecular complexity index is 154.